The molecule has 1 aromatic carbocycles. The van der Waals surface area contributed by atoms with Gasteiger partial charge in [0.05, 0.1) is 21.8 Å². The lowest BCUT2D eigenvalue weighted by Gasteiger charge is -2.31. The van der Waals surface area contributed by atoms with Crippen LogP contribution in [0.25, 0.3) is 0 Å². The lowest BCUT2D eigenvalue weighted by Crippen LogP contribution is -2.40. The van der Waals surface area contributed by atoms with E-state index in [1.807, 2.05) is 5.38 Å². The number of thiazole rings is 1. The van der Waals surface area contributed by atoms with E-state index in [1.54, 1.807) is 4.90 Å². The summed E-state index contributed by atoms with van der Waals surface area (Å²) in [7, 11) is 0. The number of benzene rings is 1. The Morgan fingerprint density at radius 3 is 2.53 bits per heavy atom. The molecule has 0 N–H and O–H groups in total. The van der Waals surface area contributed by atoms with Crippen molar-refractivity contribution < 1.29 is 36.3 Å². The lowest BCUT2D eigenvalue weighted by molar-refractivity contribution is -0.138. The first-order valence-electron chi connectivity index (χ1n) is 11.7. The van der Waals surface area contributed by atoms with Gasteiger partial charge in [-0.1, -0.05) is 11.2 Å². The molecule has 38 heavy (non-hydrogen) atoms. The van der Waals surface area contributed by atoms with Gasteiger partial charge in [-0.3, -0.25) is 4.79 Å². The topological polar surface area (TPSA) is 76.9 Å². The minimum Gasteiger partial charge on any atom is -0.468 e. The minimum atomic E-state index is -4.49. The van der Waals surface area contributed by atoms with Gasteiger partial charge in [0, 0.05) is 43.1 Å². The van der Waals surface area contributed by atoms with Crippen LogP contribution in [-0.4, -0.2) is 46.2 Å². The first-order chi connectivity index (χ1) is 18.2. The number of rotatable bonds is 6. The van der Waals surface area contributed by atoms with Crippen molar-refractivity contribution in [3.05, 3.63) is 75.4 Å². The average molecular weight is 553 g/mol. The number of hydrogen-bond acceptors (Lipinski definition) is 7. The van der Waals surface area contributed by atoms with E-state index in [2.05, 4.69) is 15.1 Å². The highest BCUT2D eigenvalue weighted by Gasteiger charge is 2.32. The minimum absolute atomic E-state index is 0.0599. The van der Waals surface area contributed by atoms with E-state index in [0.717, 1.165) is 17.1 Å². The van der Waals surface area contributed by atoms with Crippen molar-refractivity contribution >= 4 is 23.0 Å². The van der Waals surface area contributed by atoms with Gasteiger partial charge in [0.1, 0.15) is 17.3 Å². The number of piperidine rings is 1. The molecule has 1 fully saturated rings. The Labute approximate surface area is 217 Å². The van der Waals surface area contributed by atoms with Gasteiger partial charge in [-0.05, 0) is 31.0 Å². The first-order valence-corrected chi connectivity index (χ1v) is 12.6. The molecule has 0 aliphatic carbocycles. The fraction of sp³-hybridized carbons (Fsp3) is 0.360. The maximum atomic E-state index is 14.1. The molecular weight excluding hydrogens is 531 g/mol. The molecule has 1 saturated heterocycles. The van der Waals surface area contributed by atoms with Crippen LogP contribution in [0, 0.1) is 11.6 Å². The second-order valence-corrected chi connectivity index (χ2v) is 9.76. The van der Waals surface area contributed by atoms with Crippen molar-refractivity contribution in [1.29, 1.82) is 0 Å². The van der Waals surface area contributed by atoms with Crippen LogP contribution < -0.4 is 4.74 Å². The molecule has 200 valence electrons. The molecule has 0 spiro atoms. The van der Waals surface area contributed by atoms with Crippen LogP contribution in [0.1, 0.15) is 53.1 Å². The number of nitrogens with zero attached hydrogens (tertiary/aromatic N) is 4. The number of halogens is 5. The zero-order valence-electron chi connectivity index (χ0n) is 19.8. The second-order valence-electron chi connectivity index (χ2n) is 8.87. The normalized spacial score (nSPS) is 18.3. The molecule has 5 rings (SSSR count). The average Bonchev–Trinajstić information content (AvgIpc) is 3.57. The van der Waals surface area contributed by atoms with Crippen molar-refractivity contribution in [2.24, 2.45) is 5.16 Å². The summed E-state index contributed by atoms with van der Waals surface area (Å²) >= 11 is 1.45. The van der Waals surface area contributed by atoms with Crippen LogP contribution in [0.5, 0.6) is 5.88 Å². The van der Waals surface area contributed by atoms with Crippen LogP contribution in [0.3, 0.4) is 0 Å². The maximum absolute atomic E-state index is 14.1. The Kier molecular flexibility index (Phi) is 7.28. The third-order valence-electron chi connectivity index (χ3n) is 6.41. The summed E-state index contributed by atoms with van der Waals surface area (Å²) in [5.74, 6) is -1.59. The van der Waals surface area contributed by atoms with Gasteiger partial charge in [0.15, 0.2) is 12.7 Å². The van der Waals surface area contributed by atoms with Crippen LogP contribution in [0.2, 0.25) is 0 Å². The quantitative estimate of drug-likeness (QED) is 0.379. The van der Waals surface area contributed by atoms with Crippen LogP contribution >= 0.6 is 11.3 Å². The number of oxime groups is 1. The van der Waals surface area contributed by atoms with Gasteiger partial charge in [0.25, 0.3) is 5.91 Å². The first kappa shape index (κ1) is 26.0. The van der Waals surface area contributed by atoms with E-state index in [0.29, 0.717) is 43.5 Å². The van der Waals surface area contributed by atoms with Crippen LogP contribution in [0.4, 0.5) is 22.0 Å². The maximum Gasteiger partial charge on any atom is 0.417 e. The lowest BCUT2D eigenvalue weighted by atomic mass is 9.97. The number of carbonyl (C=O) groups excluding carboxylic acids is 1. The summed E-state index contributed by atoms with van der Waals surface area (Å²) < 4.78 is 71.4. The Balaban J connectivity index is 1.11. The van der Waals surface area contributed by atoms with Gasteiger partial charge in [0.2, 0.25) is 5.88 Å². The standard InChI is InChI=1S/C25H21F5N4O3S/c26-16-2-1-3-17(27)23(16)20-10-18(33-37-20)19-13-38-24(32-19)14-6-8-34(9-7-14)22(35)12-36-21-5-4-15(11-31-21)25(28,29)30/h1-5,11,13-14,20H,6-10,12H2. The van der Waals surface area contributed by atoms with E-state index in [9.17, 15) is 26.7 Å². The highest BCUT2D eigenvalue weighted by molar-refractivity contribution is 7.10. The molecule has 1 atom stereocenters. The monoisotopic (exact) mass is 552 g/mol. The number of aromatic nitrogens is 2. The van der Waals surface area contributed by atoms with Crippen molar-refractivity contribution in [2.75, 3.05) is 19.7 Å². The summed E-state index contributed by atoms with van der Waals surface area (Å²) in [6.45, 7) is 0.621. The molecule has 2 aliphatic heterocycles. The van der Waals surface area contributed by atoms with Crippen LogP contribution in [-0.2, 0) is 15.8 Å². The molecule has 3 aromatic rings. The van der Waals surface area contributed by atoms with Gasteiger partial charge in [-0.15, -0.1) is 11.3 Å². The van der Waals surface area contributed by atoms with Gasteiger partial charge in [-0.2, -0.15) is 13.2 Å². The molecule has 13 heteroatoms. The third-order valence-corrected chi connectivity index (χ3v) is 7.42. The highest BCUT2D eigenvalue weighted by atomic mass is 32.1. The van der Waals surface area contributed by atoms with E-state index >= 15 is 0 Å². The number of alkyl halides is 3. The predicted octanol–water partition coefficient (Wildman–Crippen LogP) is 5.49. The fourth-order valence-electron chi connectivity index (χ4n) is 4.35. The second kappa shape index (κ2) is 10.6. The van der Waals surface area contributed by atoms with E-state index < -0.39 is 29.5 Å². The predicted molar refractivity (Wildman–Crippen MR) is 127 cm³/mol. The number of hydrogen-bond donors (Lipinski definition) is 0. The summed E-state index contributed by atoms with van der Waals surface area (Å²) in [6, 6.07) is 5.57. The zero-order valence-corrected chi connectivity index (χ0v) is 20.6. The molecule has 1 amide bonds. The van der Waals surface area contributed by atoms with Crippen molar-refractivity contribution in [1.82, 2.24) is 14.9 Å². The largest absolute Gasteiger partial charge is 0.468 e. The molecular formula is C25H21F5N4O3S. The van der Waals surface area contributed by atoms with Crippen molar-refractivity contribution in [3.8, 4) is 5.88 Å². The summed E-state index contributed by atoms with van der Waals surface area (Å²) in [4.78, 5) is 27.7. The Hall–Kier alpha value is -3.61. The molecule has 7 nitrogen and oxygen atoms in total. The number of amides is 1. The smallest absolute Gasteiger partial charge is 0.417 e. The van der Waals surface area contributed by atoms with Gasteiger partial charge < -0.3 is 14.5 Å². The van der Waals surface area contributed by atoms with Gasteiger partial charge in [-0.25, -0.2) is 18.7 Å². The summed E-state index contributed by atoms with van der Waals surface area (Å²) in [5.41, 5.74) is 0.0636. The van der Waals surface area contributed by atoms with Crippen molar-refractivity contribution in [3.63, 3.8) is 0 Å². The van der Waals surface area contributed by atoms with E-state index in [-0.39, 0.29) is 36.3 Å². The SMILES string of the molecule is O=C(COc1ccc(C(F)(F)F)cn1)N1CCC(c2nc(C3=NOC(c4c(F)cccc4F)C3)cs2)CC1. The molecule has 0 saturated carbocycles. The molecule has 2 aliphatic rings. The molecule has 0 bridgehead atoms. The summed E-state index contributed by atoms with van der Waals surface area (Å²) in [6.07, 6.45) is -3.15. The Morgan fingerprint density at radius 1 is 1.13 bits per heavy atom. The zero-order chi connectivity index (χ0) is 26.9. The number of ether oxygens (including phenoxy) is 1. The third kappa shape index (κ3) is 5.62. The van der Waals surface area contributed by atoms with E-state index in [4.69, 9.17) is 9.57 Å². The fourth-order valence-corrected chi connectivity index (χ4v) is 5.35. The molecule has 2 aromatic heterocycles. The summed E-state index contributed by atoms with van der Waals surface area (Å²) in [5, 5.41) is 6.71. The number of likely N-dealkylation sites (tertiary alicyclic amines) is 1. The van der Waals surface area contributed by atoms with Gasteiger partial charge >= 0.3 is 6.18 Å². The van der Waals surface area contributed by atoms with Crippen molar-refractivity contribution in [2.45, 2.75) is 37.5 Å². The Morgan fingerprint density at radius 2 is 1.87 bits per heavy atom. The van der Waals surface area contributed by atoms with E-state index in [1.165, 1.54) is 29.5 Å². The Bertz CT molecular complexity index is 1320. The molecule has 4 heterocycles. The van der Waals surface area contributed by atoms with Crippen LogP contribution in [0.15, 0.2) is 47.1 Å². The molecule has 1 unspecified atom stereocenters. The molecule has 0 radical (unpaired) electrons. The number of carbonyl (C=O) groups is 1. The highest BCUT2D eigenvalue weighted by Crippen LogP contribution is 2.35. The number of pyridine rings is 1.